The van der Waals surface area contributed by atoms with Gasteiger partial charge in [0.1, 0.15) is 0 Å². The van der Waals surface area contributed by atoms with E-state index in [0.717, 1.165) is 38.9 Å². The summed E-state index contributed by atoms with van der Waals surface area (Å²) >= 11 is 3.23. The molecule has 0 atom stereocenters. The van der Waals surface area contributed by atoms with Crippen LogP contribution in [0.3, 0.4) is 0 Å². The van der Waals surface area contributed by atoms with Gasteiger partial charge in [-0.3, -0.25) is 9.59 Å². The lowest BCUT2D eigenvalue weighted by molar-refractivity contribution is 0.101. The Morgan fingerprint density at radius 3 is 1.26 bits per heavy atom. The van der Waals surface area contributed by atoms with Crippen molar-refractivity contribution < 1.29 is 9.59 Å². The fourth-order valence-electron chi connectivity index (χ4n) is 4.58. The summed E-state index contributed by atoms with van der Waals surface area (Å²) in [6.45, 7) is 11.0. The third-order valence-corrected chi connectivity index (χ3v) is 6.54. The molecule has 0 aliphatic rings. The number of halogens is 1. The molecule has 3 nitrogen and oxygen atoms in total. The van der Waals surface area contributed by atoms with Gasteiger partial charge in [-0.15, -0.1) is 0 Å². The number of rotatable bonds is 5. The van der Waals surface area contributed by atoms with Gasteiger partial charge in [-0.25, -0.2) is 0 Å². The van der Waals surface area contributed by atoms with E-state index in [1.54, 1.807) is 13.0 Å². The van der Waals surface area contributed by atoms with Gasteiger partial charge in [-0.2, -0.15) is 5.26 Å². The van der Waals surface area contributed by atoms with Gasteiger partial charge >= 0.3 is 0 Å². The molecule has 38 heavy (non-hydrogen) atoms. The highest BCUT2D eigenvalue weighted by molar-refractivity contribution is 9.09. The second kappa shape index (κ2) is 14.8. The van der Waals surface area contributed by atoms with Gasteiger partial charge in [0.15, 0.2) is 11.6 Å². The van der Waals surface area contributed by atoms with Crippen molar-refractivity contribution in [2.24, 2.45) is 0 Å². The Balaban J connectivity index is 0.000000242. The van der Waals surface area contributed by atoms with Crippen LogP contribution in [0.15, 0.2) is 84.9 Å². The van der Waals surface area contributed by atoms with Crippen LogP contribution in [0.2, 0.25) is 0 Å². The summed E-state index contributed by atoms with van der Waals surface area (Å²) in [5, 5.41) is 7.69. The van der Waals surface area contributed by atoms with E-state index in [0.29, 0.717) is 5.33 Å². The Bertz CT molecular complexity index is 1390. The summed E-state index contributed by atoms with van der Waals surface area (Å²) in [5.41, 5.74) is 10.6. The molecule has 4 aromatic carbocycles. The SMILES string of the molecule is CC#N.CC(=O)c1c(C)cc(-c2ccccc2)cc1C.Cc1cc(-c2ccccc2)cc(C)c1C(=O)CBr. The number of alkyl halides is 1. The van der Waals surface area contributed by atoms with Crippen LogP contribution in [-0.4, -0.2) is 16.9 Å². The zero-order valence-electron chi connectivity index (χ0n) is 22.9. The summed E-state index contributed by atoms with van der Waals surface area (Å²) in [7, 11) is 0. The first-order chi connectivity index (χ1) is 18.1. The number of hydrogen-bond acceptors (Lipinski definition) is 3. The summed E-state index contributed by atoms with van der Waals surface area (Å²) < 4.78 is 0. The minimum absolute atomic E-state index is 0.139. The maximum Gasteiger partial charge on any atom is 0.173 e. The summed E-state index contributed by atoms with van der Waals surface area (Å²) in [4.78, 5) is 23.4. The van der Waals surface area contributed by atoms with Crippen LogP contribution in [-0.2, 0) is 0 Å². The first kappa shape index (κ1) is 30.4. The minimum Gasteiger partial charge on any atom is -0.294 e. The van der Waals surface area contributed by atoms with Crippen molar-refractivity contribution in [1.29, 1.82) is 5.26 Å². The molecule has 0 N–H and O–H groups in total. The van der Waals surface area contributed by atoms with Crippen molar-refractivity contribution in [3.05, 3.63) is 118 Å². The van der Waals surface area contributed by atoms with Crippen molar-refractivity contribution >= 4 is 27.5 Å². The third-order valence-electron chi connectivity index (χ3n) is 6.03. The molecule has 0 saturated carbocycles. The molecule has 0 aromatic heterocycles. The van der Waals surface area contributed by atoms with Crippen LogP contribution in [0.25, 0.3) is 22.3 Å². The second-order valence-electron chi connectivity index (χ2n) is 9.04. The molecule has 0 saturated heterocycles. The molecule has 0 amide bonds. The van der Waals surface area contributed by atoms with Gasteiger partial charge < -0.3 is 0 Å². The molecule has 0 fully saturated rings. The van der Waals surface area contributed by atoms with E-state index < -0.39 is 0 Å². The topological polar surface area (TPSA) is 57.9 Å². The number of ketones is 2. The quantitative estimate of drug-likeness (QED) is 0.178. The van der Waals surface area contributed by atoms with Crippen molar-refractivity contribution in [3.8, 4) is 28.3 Å². The van der Waals surface area contributed by atoms with Crippen LogP contribution >= 0.6 is 15.9 Å². The van der Waals surface area contributed by atoms with Gasteiger partial charge in [0.05, 0.1) is 11.4 Å². The molecule has 0 heterocycles. The van der Waals surface area contributed by atoms with E-state index in [2.05, 4.69) is 64.5 Å². The third kappa shape index (κ3) is 8.10. The fourth-order valence-corrected chi connectivity index (χ4v) is 4.86. The van der Waals surface area contributed by atoms with E-state index in [9.17, 15) is 9.59 Å². The zero-order valence-corrected chi connectivity index (χ0v) is 24.5. The smallest absolute Gasteiger partial charge is 0.173 e. The summed E-state index contributed by atoms with van der Waals surface area (Å²) in [6.07, 6.45) is 0. The van der Waals surface area contributed by atoms with Crippen molar-refractivity contribution in [1.82, 2.24) is 0 Å². The molecular weight excluding hydrogens is 534 g/mol. The lowest BCUT2D eigenvalue weighted by Gasteiger charge is -2.11. The molecule has 4 aromatic rings. The lowest BCUT2D eigenvalue weighted by Crippen LogP contribution is -2.05. The number of aryl methyl sites for hydroxylation is 4. The maximum atomic E-state index is 11.9. The average molecular weight is 569 g/mol. The number of carbonyl (C=O) groups is 2. The summed E-state index contributed by atoms with van der Waals surface area (Å²) in [6, 6.07) is 30.5. The number of nitrogens with zero attached hydrogens (tertiary/aromatic N) is 1. The van der Waals surface area contributed by atoms with Gasteiger partial charge in [-0.1, -0.05) is 101 Å². The predicted molar refractivity (Wildman–Crippen MR) is 162 cm³/mol. The minimum atomic E-state index is 0.139. The molecule has 0 aliphatic heterocycles. The van der Waals surface area contributed by atoms with Crippen LogP contribution in [0, 0.1) is 39.0 Å². The monoisotopic (exact) mass is 567 g/mol. The molecular formula is C34H34BrNO2. The van der Waals surface area contributed by atoms with Gasteiger partial charge in [0.2, 0.25) is 0 Å². The zero-order chi connectivity index (χ0) is 28.2. The van der Waals surface area contributed by atoms with Gasteiger partial charge in [0.25, 0.3) is 0 Å². The Morgan fingerprint density at radius 1 is 0.658 bits per heavy atom. The number of benzene rings is 4. The Kier molecular flexibility index (Phi) is 11.9. The standard InChI is InChI=1S/C16H15BrO.C16H16O.C2H3N/c1-11-8-14(13-6-4-3-5-7-13)9-12(2)16(11)15(18)10-17;1-11-9-15(14-7-5-4-6-8-14)10-12(2)16(11)13(3)17;1-2-3/h3-9H,10H2,1-2H3;4-10H,1-3H3;1H3. The fraction of sp³-hybridized carbons (Fsp3) is 0.206. The van der Waals surface area contributed by atoms with Crippen molar-refractivity contribution in [2.45, 2.75) is 41.5 Å². The number of carbonyl (C=O) groups excluding carboxylic acids is 2. The molecule has 0 radical (unpaired) electrons. The molecule has 0 unspecified atom stereocenters. The highest BCUT2D eigenvalue weighted by Gasteiger charge is 2.13. The van der Waals surface area contributed by atoms with Crippen LogP contribution in [0.4, 0.5) is 0 Å². The van der Waals surface area contributed by atoms with Crippen LogP contribution in [0.5, 0.6) is 0 Å². The largest absolute Gasteiger partial charge is 0.294 e. The Morgan fingerprint density at radius 2 is 0.974 bits per heavy atom. The number of hydrogen-bond donors (Lipinski definition) is 0. The molecule has 0 bridgehead atoms. The Hall–Kier alpha value is -3.81. The van der Waals surface area contributed by atoms with Gasteiger partial charge in [-0.05, 0) is 79.1 Å². The molecule has 194 valence electrons. The van der Waals surface area contributed by atoms with Crippen LogP contribution in [0.1, 0.15) is 56.8 Å². The van der Waals surface area contributed by atoms with E-state index in [1.165, 1.54) is 23.6 Å². The predicted octanol–water partition coefficient (Wildman–Crippen LogP) is 9.25. The first-order valence-corrected chi connectivity index (χ1v) is 13.5. The average Bonchev–Trinajstić information content (AvgIpc) is 2.89. The maximum absolute atomic E-state index is 11.9. The van der Waals surface area contributed by atoms with E-state index >= 15 is 0 Å². The highest BCUT2D eigenvalue weighted by Crippen LogP contribution is 2.26. The molecule has 0 spiro atoms. The van der Waals surface area contributed by atoms with Gasteiger partial charge in [0, 0.05) is 18.1 Å². The van der Waals surface area contributed by atoms with Crippen molar-refractivity contribution in [2.75, 3.05) is 5.33 Å². The first-order valence-electron chi connectivity index (χ1n) is 12.4. The van der Waals surface area contributed by atoms with E-state index in [4.69, 9.17) is 5.26 Å². The molecule has 4 heteroatoms. The summed E-state index contributed by atoms with van der Waals surface area (Å²) in [5.74, 6) is 0.282. The van der Waals surface area contributed by atoms with E-state index in [-0.39, 0.29) is 11.6 Å². The number of Topliss-reactive ketones (excluding diaryl/α,β-unsaturated/α-hetero) is 2. The van der Waals surface area contributed by atoms with Crippen molar-refractivity contribution in [3.63, 3.8) is 0 Å². The normalized spacial score (nSPS) is 9.74. The Labute approximate surface area is 235 Å². The lowest BCUT2D eigenvalue weighted by atomic mass is 9.94. The molecule has 4 rings (SSSR count). The molecule has 0 aliphatic carbocycles. The number of nitriles is 1. The van der Waals surface area contributed by atoms with E-state index in [1.807, 2.05) is 64.1 Å². The van der Waals surface area contributed by atoms with Crippen LogP contribution < -0.4 is 0 Å². The second-order valence-corrected chi connectivity index (χ2v) is 9.60. The highest BCUT2D eigenvalue weighted by atomic mass is 79.9.